The van der Waals surface area contributed by atoms with Gasteiger partial charge in [0.25, 0.3) is 10.0 Å². The van der Waals surface area contributed by atoms with Crippen LogP contribution in [0.2, 0.25) is 0 Å². The summed E-state index contributed by atoms with van der Waals surface area (Å²) in [6.45, 7) is 0. The molecule has 0 saturated carbocycles. The SMILES string of the molecule is CN(C)c1ccc(-c2cnc3c(c2)c(-c2ccco2)cn3S(=O)(=O)c2ccccc2)cc1. The molecule has 0 radical (unpaired) electrons. The number of anilines is 1. The number of furan rings is 1. The highest BCUT2D eigenvalue weighted by molar-refractivity contribution is 7.90. The van der Waals surface area contributed by atoms with Gasteiger partial charge in [-0.2, -0.15) is 0 Å². The maximum absolute atomic E-state index is 13.4. The van der Waals surface area contributed by atoms with E-state index in [1.54, 1.807) is 55.1 Å². The molecule has 0 fully saturated rings. The second-order valence-corrected chi connectivity index (χ2v) is 9.49. The first kappa shape index (κ1) is 20.1. The van der Waals surface area contributed by atoms with Crippen LogP contribution in [0.25, 0.3) is 33.5 Å². The fourth-order valence-corrected chi connectivity index (χ4v) is 5.05. The lowest BCUT2D eigenvalue weighted by molar-refractivity contribution is 0.582. The van der Waals surface area contributed by atoms with Crippen LogP contribution in [-0.4, -0.2) is 31.5 Å². The van der Waals surface area contributed by atoms with Crippen LogP contribution < -0.4 is 4.90 Å². The standard InChI is InChI=1S/C25H21N3O3S/c1-27(2)20-12-10-18(11-13-20)19-15-22-23(24-9-6-14-31-24)17-28(25(22)26-16-19)32(29,30)21-7-4-3-5-8-21/h3-17H,1-2H3. The summed E-state index contributed by atoms with van der Waals surface area (Å²) < 4.78 is 33.6. The summed E-state index contributed by atoms with van der Waals surface area (Å²) >= 11 is 0. The molecule has 0 saturated heterocycles. The normalized spacial score (nSPS) is 11.7. The van der Waals surface area contributed by atoms with Crippen molar-refractivity contribution in [2.45, 2.75) is 4.90 Å². The highest BCUT2D eigenvalue weighted by Crippen LogP contribution is 2.35. The van der Waals surface area contributed by atoms with E-state index in [4.69, 9.17) is 4.42 Å². The molecule has 6 nitrogen and oxygen atoms in total. The summed E-state index contributed by atoms with van der Waals surface area (Å²) in [6.07, 6.45) is 4.86. The van der Waals surface area contributed by atoms with Crippen LogP contribution in [0.1, 0.15) is 0 Å². The van der Waals surface area contributed by atoms with E-state index >= 15 is 0 Å². The summed E-state index contributed by atoms with van der Waals surface area (Å²) in [5.74, 6) is 0.582. The van der Waals surface area contributed by atoms with Crippen molar-refractivity contribution in [2.75, 3.05) is 19.0 Å². The molecule has 2 aromatic carbocycles. The molecule has 3 heterocycles. The van der Waals surface area contributed by atoms with Gasteiger partial charge in [-0.1, -0.05) is 30.3 Å². The quantitative estimate of drug-likeness (QED) is 0.370. The van der Waals surface area contributed by atoms with Crippen molar-refractivity contribution in [3.63, 3.8) is 0 Å². The zero-order chi connectivity index (χ0) is 22.3. The van der Waals surface area contributed by atoms with E-state index in [1.165, 1.54) is 3.97 Å². The van der Waals surface area contributed by atoms with Crippen LogP contribution >= 0.6 is 0 Å². The third-order valence-electron chi connectivity index (χ3n) is 5.42. The Labute approximate surface area is 186 Å². The van der Waals surface area contributed by atoms with Crippen LogP contribution in [0.5, 0.6) is 0 Å². The van der Waals surface area contributed by atoms with Gasteiger partial charge in [-0.05, 0) is 48.0 Å². The maximum Gasteiger partial charge on any atom is 0.269 e. The molecule has 0 atom stereocenters. The minimum atomic E-state index is -3.82. The topological polar surface area (TPSA) is 68.3 Å². The Hall–Kier alpha value is -3.84. The Kier molecular flexibility index (Phi) is 4.83. The number of aromatic nitrogens is 2. The Morgan fingerprint density at radius 2 is 1.66 bits per heavy atom. The van der Waals surface area contributed by atoms with Crippen molar-refractivity contribution >= 4 is 26.7 Å². The van der Waals surface area contributed by atoms with E-state index in [-0.39, 0.29) is 4.90 Å². The van der Waals surface area contributed by atoms with E-state index in [0.717, 1.165) is 16.8 Å². The van der Waals surface area contributed by atoms with Gasteiger partial charge in [0.05, 0.1) is 11.2 Å². The van der Waals surface area contributed by atoms with E-state index < -0.39 is 10.0 Å². The number of nitrogens with zero attached hydrogens (tertiary/aromatic N) is 3. The molecule has 160 valence electrons. The lowest BCUT2D eigenvalue weighted by Gasteiger charge is -2.12. The summed E-state index contributed by atoms with van der Waals surface area (Å²) in [5.41, 5.74) is 4.01. The number of benzene rings is 2. The van der Waals surface area contributed by atoms with E-state index in [1.807, 2.05) is 55.4 Å². The summed E-state index contributed by atoms with van der Waals surface area (Å²) in [6, 6.07) is 22.0. The van der Waals surface area contributed by atoms with Crippen molar-refractivity contribution in [1.82, 2.24) is 8.96 Å². The zero-order valence-corrected chi connectivity index (χ0v) is 18.5. The third kappa shape index (κ3) is 3.36. The van der Waals surface area contributed by atoms with Gasteiger partial charge < -0.3 is 9.32 Å². The molecule has 0 aliphatic heterocycles. The van der Waals surface area contributed by atoms with Crippen molar-refractivity contribution in [3.8, 4) is 22.5 Å². The highest BCUT2D eigenvalue weighted by atomic mass is 32.2. The average Bonchev–Trinajstić information content (AvgIpc) is 3.47. The van der Waals surface area contributed by atoms with Gasteiger partial charge in [0.1, 0.15) is 5.76 Å². The molecule has 0 bridgehead atoms. The van der Waals surface area contributed by atoms with Gasteiger partial charge in [0, 0.05) is 48.7 Å². The van der Waals surface area contributed by atoms with Crippen LogP contribution in [0, 0.1) is 0 Å². The lowest BCUT2D eigenvalue weighted by atomic mass is 10.0. The predicted octanol–water partition coefficient (Wildman–Crippen LogP) is 5.27. The second kappa shape index (κ2) is 7.69. The monoisotopic (exact) mass is 443 g/mol. The fraction of sp³-hybridized carbons (Fsp3) is 0.0800. The summed E-state index contributed by atoms with van der Waals surface area (Å²) in [7, 11) is 0.167. The van der Waals surface area contributed by atoms with Crippen LogP contribution in [-0.2, 0) is 10.0 Å². The number of fused-ring (bicyclic) bond motifs is 1. The molecular formula is C25H21N3O3S. The first-order valence-corrected chi connectivity index (χ1v) is 11.5. The Morgan fingerprint density at radius 1 is 0.906 bits per heavy atom. The molecule has 0 unspecified atom stereocenters. The van der Waals surface area contributed by atoms with Crippen molar-refractivity contribution in [3.05, 3.63) is 91.5 Å². The molecule has 0 aliphatic carbocycles. The number of hydrogen-bond donors (Lipinski definition) is 0. The smallest absolute Gasteiger partial charge is 0.269 e. The first-order valence-electron chi connectivity index (χ1n) is 10.1. The number of hydrogen-bond acceptors (Lipinski definition) is 5. The zero-order valence-electron chi connectivity index (χ0n) is 17.6. The first-order chi connectivity index (χ1) is 15.4. The fourth-order valence-electron chi connectivity index (χ4n) is 3.71. The van der Waals surface area contributed by atoms with Crippen molar-refractivity contribution < 1.29 is 12.8 Å². The van der Waals surface area contributed by atoms with Gasteiger partial charge >= 0.3 is 0 Å². The Bertz CT molecular complexity index is 1490. The van der Waals surface area contributed by atoms with Gasteiger partial charge in [-0.25, -0.2) is 17.4 Å². The molecule has 0 N–H and O–H groups in total. The molecule has 32 heavy (non-hydrogen) atoms. The minimum absolute atomic E-state index is 0.202. The molecular weight excluding hydrogens is 422 g/mol. The predicted molar refractivity (Wildman–Crippen MR) is 126 cm³/mol. The average molecular weight is 444 g/mol. The van der Waals surface area contributed by atoms with E-state index in [2.05, 4.69) is 4.98 Å². The van der Waals surface area contributed by atoms with Gasteiger partial charge in [0.2, 0.25) is 0 Å². The maximum atomic E-state index is 13.4. The molecule has 0 aliphatic rings. The van der Waals surface area contributed by atoms with Gasteiger partial charge in [-0.15, -0.1) is 0 Å². The molecule has 7 heteroatoms. The van der Waals surface area contributed by atoms with Gasteiger partial charge in [-0.3, -0.25) is 0 Å². The Morgan fingerprint density at radius 3 is 2.31 bits per heavy atom. The lowest BCUT2D eigenvalue weighted by Crippen LogP contribution is -2.12. The van der Waals surface area contributed by atoms with Crippen LogP contribution in [0.4, 0.5) is 5.69 Å². The molecule has 5 rings (SSSR count). The second-order valence-electron chi connectivity index (χ2n) is 7.67. The minimum Gasteiger partial charge on any atom is -0.464 e. The molecule has 0 spiro atoms. The van der Waals surface area contributed by atoms with Crippen molar-refractivity contribution in [1.29, 1.82) is 0 Å². The van der Waals surface area contributed by atoms with Crippen LogP contribution in [0.15, 0.2) is 101 Å². The molecule has 5 aromatic rings. The van der Waals surface area contributed by atoms with Gasteiger partial charge in [0.15, 0.2) is 5.65 Å². The van der Waals surface area contributed by atoms with E-state index in [0.29, 0.717) is 22.4 Å². The Balaban J connectivity index is 1.71. The third-order valence-corrected chi connectivity index (χ3v) is 7.08. The highest BCUT2D eigenvalue weighted by Gasteiger charge is 2.24. The largest absolute Gasteiger partial charge is 0.464 e. The van der Waals surface area contributed by atoms with Crippen molar-refractivity contribution in [2.24, 2.45) is 0 Å². The summed E-state index contributed by atoms with van der Waals surface area (Å²) in [4.78, 5) is 6.81. The molecule has 0 amide bonds. The molecule has 3 aromatic heterocycles. The van der Waals surface area contributed by atoms with Crippen LogP contribution in [0.3, 0.4) is 0 Å². The number of rotatable bonds is 5. The summed E-state index contributed by atoms with van der Waals surface area (Å²) in [5, 5.41) is 0.702. The number of pyridine rings is 1. The van der Waals surface area contributed by atoms with E-state index in [9.17, 15) is 8.42 Å².